The molecule has 1 aromatic heterocycles. The van der Waals surface area contributed by atoms with Gasteiger partial charge in [-0.15, -0.1) is 0 Å². The third kappa shape index (κ3) is 2.87. The fourth-order valence-corrected chi connectivity index (χ4v) is 1.40. The van der Waals surface area contributed by atoms with E-state index in [2.05, 4.69) is 38.5 Å². The van der Waals surface area contributed by atoms with Gasteiger partial charge in [-0.2, -0.15) is 8.75 Å². The molecule has 0 spiro atoms. The van der Waals surface area contributed by atoms with E-state index in [1.165, 1.54) is 11.7 Å². The summed E-state index contributed by atoms with van der Waals surface area (Å²) in [6.07, 6.45) is 2.86. The lowest BCUT2D eigenvalue weighted by molar-refractivity contribution is 0.575. The molecule has 0 radical (unpaired) electrons. The number of halogens is 1. The van der Waals surface area contributed by atoms with Gasteiger partial charge >= 0.3 is 0 Å². The van der Waals surface area contributed by atoms with E-state index in [1.54, 1.807) is 0 Å². The maximum atomic E-state index is 4.15. The van der Waals surface area contributed by atoms with E-state index in [9.17, 15) is 0 Å². The van der Waals surface area contributed by atoms with Crippen LogP contribution in [0.4, 0.5) is 0 Å². The minimum Gasteiger partial charge on any atom is -0.181 e. The first-order chi connectivity index (χ1) is 5.20. The summed E-state index contributed by atoms with van der Waals surface area (Å²) < 4.78 is 8.10. The van der Waals surface area contributed by atoms with Crippen molar-refractivity contribution < 1.29 is 0 Å². The Morgan fingerprint density at radius 3 is 2.82 bits per heavy atom. The van der Waals surface area contributed by atoms with Crippen LogP contribution >= 0.6 is 27.7 Å². The Balaban J connectivity index is 2.43. The molecule has 0 N–H and O–H groups in total. The van der Waals surface area contributed by atoms with Crippen LogP contribution in [0.3, 0.4) is 0 Å². The molecule has 0 aliphatic carbocycles. The van der Waals surface area contributed by atoms with Gasteiger partial charge in [0.25, 0.3) is 0 Å². The molecule has 1 rings (SSSR count). The van der Waals surface area contributed by atoms with E-state index >= 15 is 0 Å². The van der Waals surface area contributed by atoms with E-state index in [0.717, 1.165) is 12.1 Å². The van der Waals surface area contributed by atoms with Crippen LogP contribution in [0.1, 0.15) is 19.5 Å². The predicted octanol–water partition coefficient (Wildman–Crippen LogP) is 2.50. The molecule has 1 aromatic rings. The fourth-order valence-electron chi connectivity index (χ4n) is 0.766. The van der Waals surface area contributed by atoms with Crippen LogP contribution in [0.15, 0.2) is 6.20 Å². The van der Waals surface area contributed by atoms with Gasteiger partial charge < -0.3 is 0 Å². The second kappa shape index (κ2) is 4.16. The van der Waals surface area contributed by atoms with Gasteiger partial charge in [0.1, 0.15) is 0 Å². The third-order valence-corrected chi connectivity index (χ3v) is 3.14. The topological polar surface area (TPSA) is 25.8 Å². The SMILES string of the molecule is CC(Br)C(C)Cc1cnsn1. The molecule has 0 saturated carbocycles. The summed E-state index contributed by atoms with van der Waals surface area (Å²) in [7, 11) is 0. The largest absolute Gasteiger partial charge is 0.181 e. The van der Waals surface area contributed by atoms with Gasteiger partial charge in [0.2, 0.25) is 0 Å². The quantitative estimate of drug-likeness (QED) is 0.752. The van der Waals surface area contributed by atoms with Gasteiger partial charge in [-0.25, -0.2) is 0 Å². The number of nitrogens with zero attached hydrogens (tertiary/aromatic N) is 2. The second-order valence-corrected chi connectivity index (χ2v) is 4.76. The average Bonchev–Trinajstić information content (AvgIpc) is 2.39. The van der Waals surface area contributed by atoms with E-state index in [4.69, 9.17) is 0 Å². The molecule has 4 heteroatoms. The maximum absolute atomic E-state index is 4.15. The minimum atomic E-state index is 0.546. The number of rotatable bonds is 3. The molecule has 62 valence electrons. The Bertz CT molecular complexity index is 198. The zero-order valence-corrected chi connectivity index (χ0v) is 9.02. The molecule has 0 bridgehead atoms. The standard InChI is InChI=1S/C7H11BrN2S/c1-5(6(2)8)3-7-4-9-11-10-7/h4-6H,3H2,1-2H3. The monoisotopic (exact) mass is 234 g/mol. The smallest absolute Gasteiger partial charge is 0.0746 e. The van der Waals surface area contributed by atoms with E-state index < -0.39 is 0 Å². The highest BCUT2D eigenvalue weighted by Crippen LogP contribution is 2.16. The van der Waals surface area contributed by atoms with Crippen LogP contribution in [0, 0.1) is 5.92 Å². The summed E-state index contributed by atoms with van der Waals surface area (Å²) in [4.78, 5) is 0.546. The normalized spacial score (nSPS) is 16.3. The Labute approximate surface area is 79.5 Å². The molecule has 11 heavy (non-hydrogen) atoms. The van der Waals surface area contributed by atoms with Gasteiger partial charge in [0.15, 0.2) is 0 Å². The lowest BCUT2D eigenvalue weighted by atomic mass is 10.0. The summed E-state index contributed by atoms with van der Waals surface area (Å²) in [6, 6.07) is 0. The van der Waals surface area contributed by atoms with Crippen LogP contribution in [0.25, 0.3) is 0 Å². The van der Waals surface area contributed by atoms with Crippen LogP contribution in [0.5, 0.6) is 0 Å². The number of hydrogen-bond acceptors (Lipinski definition) is 3. The van der Waals surface area contributed by atoms with Gasteiger partial charge in [0.05, 0.1) is 23.6 Å². The summed E-state index contributed by atoms with van der Waals surface area (Å²) in [6.45, 7) is 4.36. The van der Waals surface area contributed by atoms with Crippen molar-refractivity contribution in [2.75, 3.05) is 0 Å². The Morgan fingerprint density at radius 1 is 1.64 bits per heavy atom. The molecule has 2 unspecified atom stereocenters. The highest BCUT2D eigenvalue weighted by atomic mass is 79.9. The Kier molecular flexibility index (Phi) is 3.45. The summed E-state index contributed by atoms with van der Waals surface area (Å²) in [5, 5.41) is 0. The zero-order valence-electron chi connectivity index (χ0n) is 6.62. The highest BCUT2D eigenvalue weighted by Gasteiger charge is 2.10. The molecule has 0 aromatic carbocycles. The van der Waals surface area contributed by atoms with E-state index in [-0.39, 0.29) is 0 Å². The minimum absolute atomic E-state index is 0.546. The van der Waals surface area contributed by atoms with Crippen molar-refractivity contribution in [3.05, 3.63) is 11.9 Å². The van der Waals surface area contributed by atoms with Crippen molar-refractivity contribution in [3.63, 3.8) is 0 Å². The Hall–Kier alpha value is 0.0400. The molecule has 0 fully saturated rings. The first-order valence-corrected chi connectivity index (χ1v) is 5.25. The molecule has 0 aliphatic rings. The van der Waals surface area contributed by atoms with Crippen molar-refractivity contribution in [3.8, 4) is 0 Å². The molecule has 1 heterocycles. The maximum Gasteiger partial charge on any atom is 0.0746 e. The van der Waals surface area contributed by atoms with Crippen molar-refractivity contribution in [2.45, 2.75) is 25.1 Å². The second-order valence-electron chi connectivity index (χ2n) is 2.76. The van der Waals surface area contributed by atoms with E-state index in [1.807, 2.05) is 6.20 Å². The van der Waals surface area contributed by atoms with Crippen molar-refractivity contribution in [1.29, 1.82) is 0 Å². The van der Waals surface area contributed by atoms with Crippen LogP contribution in [-0.2, 0) is 6.42 Å². The predicted molar refractivity (Wildman–Crippen MR) is 51.2 cm³/mol. The number of aromatic nitrogens is 2. The zero-order chi connectivity index (χ0) is 8.27. The lowest BCUT2D eigenvalue weighted by Gasteiger charge is -2.10. The van der Waals surface area contributed by atoms with Gasteiger partial charge in [-0.1, -0.05) is 29.8 Å². The van der Waals surface area contributed by atoms with Crippen molar-refractivity contribution >= 4 is 27.7 Å². The first kappa shape index (κ1) is 9.13. The fraction of sp³-hybridized carbons (Fsp3) is 0.714. The van der Waals surface area contributed by atoms with Gasteiger partial charge in [-0.3, -0.25) is 0 Å². The van der Waals surface area contributed by atoms with Crippen LogP contribution in [-0.4, -0.2) is 13.6 Å². The first-order valence-electron chi connectivity index (χ1n) is 3.60. The molecule has 0 amide bonds. The van der Waals surface area contributed by atoms with Gasteiger partial charge in [-0.05, 0) is 12.3 Å². The van der Waals surface area contributed by atoms with E-state index in [0.29, 0.717) is 10.7 Å². The van der Waals surface area contributed by atoms with Crippen molar-refractivity contribution in [2.24, 2.45) is 5.92 Å². The van der Waals surface area contributed by atoms with Crippen LogP contribution in [0.2, 0.25) is 0 Å². The average molecular weight is 235 g/mol. The third-order valence-electron chi connectivity index (χ3n) is 1.72. The van der Waals surface area contributed by atoms with Gasteiger partial charge in [0, 0.05) is 4.83 Å². The molecule has 0 aliphatic heterocycles. The summed E-state index contributed by atoms with van der Waals surface area (Å²) >= 11 is 4.82. The molecular weight excluding hydrogens is 224 g/mol. The number of alkyl halides is 1. The number of hydrogen-bond donors (Lipinski definition) is 0. The van der Waals surface area contributed by atoms with Crippen molar-refractivity contribution in [1.82, 2.24) is 8.75 Å². The Morgan fingerprint density at radius 2 is 2.36 bits per heavy atom. The molecule has 2 nitrogen and oxygen atoms in total. The summed E-state index contributed by atoms with van der Waals surface area (Å²) in [5.41, 5.74) is 1.11. The highest BCUT2D eigenvalue weighted by molar-refractivity contribution is 9.09. The lowest BCUT2D eigenvalue weighted by Crippen LogP contribution is -2.09. The molecule has 2 atom stereocenters. The molecule has 0 saturated heterocycles. The molecular formula is C7H11BrN2S. The summed E-state index contributed by atoms with van der Waals surface area (Å²) in [5.74, 6) is 0.624. The van der Waals surface area contributed by atoms with Crippen LogP contribution < -0.4 is 0 Å².